The number of thioether (sulfide) groups is 2. The van der Waals surface area contributed by atoms with Gasteiger partial charge in [-0.05, 0) is 93.1 Å². The van der Waals surface area contributed by atoms with Crippen molar-refractivity contribution >= 4 is 28.6 Å². The summed E-state index contributed by atoms with van der Waals surface area (Å²) in [6.07, 6.45) is 21.8. The highest BCUT2D eigenvalue weighted by Crippen LogP contribution is 2.49. The predicted octanol–water partition coefficient (Wildman–Crippen LogP) is 9.11. The molecule has 2 aliphatic heterocycles. The van der Waals surface area contributed by atoms with Gasteiger partial charge in [0.15, 0.2) is 6.04 Å². The first-order chi connectivity index (χ1) is 17.8. The van der Waals surface area contributed by atoms with Crippen LogP contribution in [0.15, 0.2) is 22.8 Å². The summed E-state index contributed by atoms with van der Waals surface area (Å²) in [5, 5.41) is 4.99. The Hall–Kier alpha value is -0.350. The van der Waals surface area contributed by atoms with Gasteiger partial charge in [-0.25, -0.2) is 4.58 Å². The Morgan fingerprint density at radius 3 is 2.51 bits per heavy atom. The number of nitrogens with zero attached hydrogens (tertiary/aromatic N) is 2. The summed E-state index contributed by atoms with van der Waals surface area (Å²) in [7, 11) is 0. The summed E-state index contributed by atoms with van der Waals surface area (Å²) < 4.78 is 2.82. The summed E-state index contributed by atoms with van der Waals surface area (Å²) in [6.45, 7) is 17.2. The minimum atomic E-state index is 0.394. The molecule has 37 heavy (non-hydrogen) atoms. The normalized spacial score (nSPS) is 38.6. The van der Waals surface area contributed by atoms with E-state index >= 15 is 0 Å². The Bertz CT molecular complexity index is 902. The van der Waals surface area contributed by atoms with Gasteiger partial charge in [0.25, 0.3) is 0 Å². The van der Waals surface area contributed by atoms with Crippen LogP contribution in [0, 0.1) is 23.2 Å². The van der Waals surface area contributed by atoms with Crippen LogP contribution in [0.1, 0.15) is 119 Å². The smallest absolute Gasteiger partial charge is 0.211 e. The molecule has 1 saturated heterocycles. The molecule has 5 rings (SSSR count). The lowest BCUT2D eigenvalue weighted by Gasteiger charge is -2.35. The highest BCUT2D eigenvalue weighted by atomic mass is 32.2. The van der Waals surface area contributed by atoms with E-state index in [4.69, 9.17) is 0 Å². The number of unbranched alkanes of at least 4 members (excludes halogenated alkanes) is 2. The van der Waals surface area contributed by atoms with E-state index in [-0.39, 0.29) is 0 Å². The zero-order valence-electron chi connectivity index (χ0n) is 24.8. The Morgan fingerprint density at radius 1 is 1.00 bits per heavy atom. The van der Waals surface area contributed by atoms with Gasteiger partial charge >= 0.3 is 0 Å². The Labute approximate surface area is 237 Å². The van der Waals surface area contributed by atoms with Gasteiger partial charge in [-0.15, -0.1) is 11.8 Å². The molecule has 0 radical (unpaired) electrons. The van der Waals surface area contributed by atoms with Crippen LogP contribution in [0.4, 0.5) is 0 Å². The summed E-state index contributed by atoms with van der Waals surface area (Å²) in [5.74, 6) is 2.50. The molecule has 0 aromatic carbocycles. The van der Waals surface area contributed by atoms with Gasteiger partial charge in [0.1, 0.15) is 6.54 Å². The molecule has 7 unspecified atom stereocenters. The summed E-state index contributed by atoms with van der Waals surface area (Å²) >= 11 is 4.51. The second-order valence-electron chi connectivity index (χ2n) is 14.1. The molecule has 0 N–H and O–H groups in total. The molecule has 4 heteroatoms. The summed E-state index contributed by atoms with van der Waals surface area (Å²) in [4.78, 5) is 2.86. The first-order valence-corrected chi connectivity index (χ1v) is 17.7. The summed E-state index contributed by atoms with van der Waals surface area (Å²) in [6, 6.07) is 1.59. The van der Waals surface area contributed by atoms with E-state index in [0.717, 1.165) is 34.4 Å². The quantitative estimate of drug-likeness (QED) is 0.223. The first-order valence-electron chi connectivity index (χ1n) is 15.9. The van der Waals surface area contributed by atoms with E-state index in [1.54, 1.807) is 15.6 Å². The molecule has 0 aromatic heterocycles. The van der Waals surface area contributed by atoms with E-state index in [9.17, 15) is 0 Å². The van der Waals surface area contributed by atoms with Crippen LogP contribution in [0.5, 0.6) is 0 Å². The molecule has 2 saturated carbocycles. The van der Waals surface area contributed by atoms with Crippen LogP contribution < -0.4 is 0 Å². The Balaban J connectivity index is 1.36. The highest BCUT2D eigenvalue weighted by molar-refractivity contribution is 8.14. The molecule has 0 amide bonds. The van der Waals surface area contributed by atoms with E-state index in [1.807, 2.05) is 0 Å². The molecule has 0 spiro atoms. The van der Waals surface area contributed by atoms with Crippen molar-refractivity contribution < 1.29 is 4.58 Å². The highest BCUT2D eigenvalue weighted by Gasteiger charge is 2.46. The minimum absolute atomic E-state index is 0.394. The maximum absolute atomic E-state index is 2.86. The fourth-order valence-corrected chi connectivity index (χ4v) is 12.0. The van der Waals surface area contributed by atoms with E-state index in [1.165, 1.54) is 90.1 Å². The van der Waals surface area contributed by atoms with E-state index in [2.05, 4.69) is 86.7 Å². The molecular formula is C33H55N2S2+. The zero-order valence-corrected chi connectivity index (χ0v) is 26.4. The fourth-order valence-electron chi connectivity index (χ4n) is 8.27. The second-order valence-corrected chi connectivity index (χ2v) is 16.7. The van der Waals surface area contributed by atoms with Gasteiger partial charge < -0.3 is 4.90 Å². The van der Waals surface area contributed by atoms with Gasteiger partial charge in [-0.1, -0.05) is 65.3 Å². The molecule has 7 atom stereocenters. The van der Waals surface area contributed by atoms with Gasteiger partial charge in [-0.3, -0.25) is 0 Å². The number of hydrogen-bond acceptors (Lipinski definition) is 3. The molecule has 3 fully saturated rings. The van der Waals surface area contributed by atoms with Crippen molar-refractivity contribution in [2.45, 2.75) is 141 Å². The Morgan fingerprint density at radius 2 is 1.76 bits per heavy atom. The standard InChI is InChI=1S/C33H55N2S2/c1-7-9-10-15-35-28-14-12-24(4)17-30(28)37-32(35)20-26-18-25(21-33(5,6)22-26)19-31-34(8-2)27-13-11-23(3)16-29(27)36-31/h18,20,23-25,27-30H,7-17,19,21-22H2,1-6H3/q+1/b32-20-. The molecular weight excluding hydrogens is 489 g/mol. The molecule has 208 valence electrons. The molecule has 2 heterocycles. The van der Waals surface area contributed by atoms with Gasteiger partial charge in [0, 0.05) is 30.7 Å². The predicted molar refractivity (Wildman–Crippen MR) is 166 cm³/mol. The third-order valence-corrected chi connectivity index (χ3v) is 12.9. The van der Waals surface area contributed by atoms with Crippen LogP contribution in [0.25, 0.3) is 0 Å². The van der Waals surface area contributed by atoms with Crippen LogP contribution in [-0.4, -0.2) is 50.2 Å². The lowest BCUT2D eigenvalue weighted by molar-refractivity contribution is -0.560. The third-order valence-electron chi connectivity index (χ3n) is 10.0. The van der Waals surface area contributed by atoms with Crippen LogP contribution in [0.2, 0.25) is 0 Å². The largest absolute Gasteiger partial charge is 0.362 e. The minimum Gasteiger partial charge on any atom is -0.362 e. The van der Waals surface area contributed by atoms with Crippen LogP contribution >= 0.6 is 23.5 Å². The monoisotopic (exact) mass is 543 g/mol. The van der Waals surface area contributed by atoms with Crippen LogP contribution in [0.3, 0.4) is 0 Å². The van der Waals surface area contributed by atoms with Crippen molar-refractivity contribution in [3.63, 3.8) is 0 Å². The maximum atomic E-state index is 2.86. The van der Waals surface area contributed by atoms with Gasteiger partial charge in [0.2, 0.25) is 5.04 Å². The molecule has 0 bridgehead atoms. The first kappa shape index (κ1) is 28.2. The number of fused-ring (bicyclic) bond motifs is 2. The topological polar surface area (TPSA) is 6.25 Å². The molecule has 2 nitrogen and oxygen atoms in total. The zero-order chi connectivity index (χ0) is 26.2. The third kappa shape index (κ3) is 6.53. The molecule has 0 aromatic rings. The van der Waals surface area contributed by atoms with Crippen molar-refractivity contribution in [2.75, 3.05) is 13.1 Å². The van der Waals surface area contributed by atoms with E-state index in [0.29, 0.717) is 11.3 Å². The number of rotatable bonds is 8. The van der Waals surface area contributed by atoms with Crippen molar-refractivity contribution in [1.29, 1.82) is 0 Å². The van der Waals surface area contributed by atoms with Crippen molar-refractivity contribution in [1.82, 2.24) is 4.90 Å². The average Bonchev–Trinajstić information content (AvgIpc) is 3.33. The second kappa shape index (κ2) is 12.0. The van der Waals surface area contributed by atoms with Crippen LogP contribution in [-0.2, 0) is 0 Å². The Kier molecular flexibility index (Phi) is 9.16. The number of allylic oxidation sites excluding steroid dienone is 3. The van der Waals surface area contributed by atoms with Crippen molar-refractivity contribution in [3.8, 4) is 0 Å². The lowest BCUT2D eigenvalue weighted by atomic mass is 9.72. The average molecular weight is 544 g/mol. The van der Waals surface area contributed by atoms with Gasteiger partial charge in [-0.2, -0.15) is 0 Å². The maximum Gasteiger partial charge on any atom is 0.211 e. The van der Waals surface area contributed by atoms with Gasteiger partial charge in [0.05, 0.1) is 10.3 Å². The lowest BCUT2D eigenvalue weighted by Crippen LogP contribution is -2.38. The molecule has 5 aliphatic rings. The summed E-state index contributed by atoms with van der Waals surface area (Å²) in [5.41, 5.74) is 2.03. The van der Waals surface area contributed by atoms with Crippen molar-refractivity contribution in [3.05, 3.63) is 22.8 Å². The molecule has 3 aliphatic carbocycles. The van der Waals surface area contributed by atoms with Crippen molar-refractivity contribution in [2.24, 2.45) is 23.2 Å². The fraction of sp³-hybridized carbons (Fsp3) is 0.848. The number of hydrogen-bond donors (Lipinski definition) is 0. The van der Waals surface area contributed by atoms with E-state index < -0.39 is 0 Å². The SMILES string of the molecule is CCCCCN1/C(=C/C2=CC(CC3=[N+](CC)C4CCC(C)CC4S3)CC(C)(C)C2)SC2CC(C)CCC21.